The van der Waals surface area contributed by atoms with E-state index in [1.54, 1.807) is 0 Å². The zero-order chi connectivity index (χ0) is 67.1. The largest absolute Gasteiger partial charge is 0.180 e. The summed E-state index contributed by atoms with van der Waals surface area (Å²) in [4.78, 5) is 15.1. The van der Waals surface area contributed by atoms with Crippen LogP contribution in [0.3, 0.4) is 0 Å². The molecule has 0 radical (unpaired) electrons. The summed E-state index contributed by atoms with van der Waals surface area (Å²) in [7, 11) is -0.243. The first-order valence-electron chi connectivity index (χ1n) is 34.8. The average molecular weight is 1350 g/mol. The van der Waals surface area contributed by atoms with Crippen molar-refractivity contribution in [2.75, 3.05) is 0 Å². The molecule has 99 heavy (non-hydrogen) atoms. The van der Waals surface area contributed by atoms with Crippen LogP contribution >= 0.6 is 0 Å². The molecule has 0 unspecified atom stereocenters. The van der Waals surface area contributed by atoms with Gasteiger partial charge in [0.25, 0.3) is 0 Å². The first-order chi connectivity index (χ1) is 49.2. The number of rotatable bonds is 19. The second-order valence-corrected chi connectivity index (χ2v) is 32.6. The fraction of sp³-hybridized carbons (Fsp3) is 0.0947. The Kier molecular flexibility index (Phi) is 24.0. The quantitative estimate of drug-likeness (QED) is 0.0559. The van der Waals surface area contributed by atoms with Gasteiger partial charge in [0.05, 0.1) is 43.6 Å². The van der Waals surface area contributed by atoms with E-state index in [-0.39, 0.29) is 43.6 Å². The smallest absolute Gasteiger partial charge is 0.0654 e. The summed E-state index contributed by atoms with van der Waals surface area (Å²) in [6.07, 6.45) is 9.37. The lowest BCUT2D eigenvalue weighted by Crippen LogP contribution is -2.14. The maximum atomic E-state index is 2.34. The van der Waals surface area contributed by atoms with Crippen LogP contribution in [0.5, 0.6) is 0 Å². The Morgan fingerprint density at radius 1 is 0.232 bits per heavy atom. The molecule has 0 amide bonds. The molecule has 0 aromatic heterocycles. The highest BCUT2D eigenvalue weighted by Crippen LogP contribution is 2.52. The molecule has 0 saturated heterocycles. The fourth-order valence-corrected chi connectivity index (χ4v) is 22.1. The van der Waals surface area contributed by atoms with Crippen LogP contribution in [0.25, 0.3) is 32.7 Å². The van der Waals surface area contributed by atoms with Crippen molar-refractivity contribution in [3.8, 4) is 11.1 Å². The predicted octanol–water partition coefficient (Wildman–Crippen LogP) is 26.0. The van der Waals surface area contributed by atoms with Gasteiger partial charge in [0.15, 0.2) is 59.1 Å². The van der Waals surface area contributed by atoms with E-state index in [4.69, 9.17) is 0 Å². The molecular formula is C95H84S4+4. The summed E-state index contributed by atoms with van der Waals surface area (Å²) < 4.78 is 0. The number of fused-ring (bicyclic) bond motifs is 5. The van der Waals surface area contributed by atoms with Gasteiger partial charge in [0.2, 0.25) is 0 Å². The molecule has 15 aromatic carbocycles. The van der Waals surface area contributed by atoms with Crippen molar-refractivity contribution in [2.45, 2.75) is 111 Å². The number of unbranched alkanes of at least 4 members (excludes halogenated alkanes) is 5. The van der Waals surface area contributed by atoms with E-state index in [1.165, 1.54) is 148 Å². The van der Waals surface area contributed by atoms with E-state index >= 15 is 0 Å². The van der Waals surface area contributed by atoms with Gasteiger partial charge in [-0.1, -0.05) is 300 Å². The van der Waals surface area contributed by atoms with Crippen molar-refractivity contribution >= 4 is 65.1 Å². The maximum absolute atomic E-state index is 2.34. The van der Waals surface area contributed by atoms with E-state index in [0.717, 1.165) is 0 Å². The molecule has 16 rings (SSSR count). The minimum absolute atomic E-state index is 0.0341. The summed E-state index contributed by atoms with van der Waals surface area (Å²) in [5, 5.41) is 5.60. The number of hydrogen-bond acceptors (Lipinski definition) is 0. The van der Waals surface area contributed by atoms with Gasteiger partial charge >= 0.3 is 0 Å². The summed E-state index contributed by atoms with van der Waals surface area (Å²) in [5.41, 5.74) is 7.14. The lowest BCUT2D eigenvalue weighted by atomic mass is 10.1. The van der Waals surface area contributed by atoms with Gasteiger partial charge in [0, 0.05) is 22.6 Å². The minimum atomic E-state index is -0.0892. The van der Waals surface area contributed by atoms with E-state index in [0.29, 0.717) is 5.25 Å². The van der Waals surface area contributed by atoms with Crippen LogP contribution in [-0.2, 0) is 50.0 Å². The van der Waals surface area contributed by atoms with Crippen molar-refractivity contribution < 1.29 is 0 Å². The third-order valence-corrected chi connectivity index (χ3v) is 27.0. The Bertz CT molecular complexity index is 4670. The molecular weight excluding hydrogens is 1270 g/mol. The number of hydrogen-bond donors (Lipinski definition) is 0. The predicted molar refractivity (Wildman–Crippen MR) is 427 cm³/mol. The van der Waals surface area contributed by atoms with Crippen LogP contribution < -0.4 is 0 Å². The van der Waals surface area contributed by atoms with Crippen LogP contribution in [0.1, 0.15) is 67.4 Å². The molecule has 0 saturated carbocycles. The lowest BCUT2D eigenvalue weighted by Gasteiger charge is -2.17. The Hall–Kier alpha value is -9.78. The second-order valence-electron chi connectivity index (χ2n) is 24.5. The molecule has 0 aliphatic heterocycles. The first kappa shape index (κ1) is 67.8. The summed E-state index contributed by atoms with van der Waals surface area (Å²) >= 11 is 0. The van der Waals surface area contributed by atoms with E-state index in [9.17, 15) is 0 Å². The average Bonchev–Trinajstić information content (AvgIpc) is 1.60. The standard InChI is InChI=1S/C26H31S.C25H19S.2C22H17S/c1-2-3-4-5-6-9-14-23-19-21-26(22-20-23)27(24-15-10-7-11-16-24)25-17-12-8-13-18-25;1-3-11-19(12-4-1)26(20-13-5-2-6-14-20)25-23-17-9-7-15-21(23)22-16-8-10-18-24(22)25;1-3-12-19(13-4-1)23(20-14-5-2-6-15-20)22-17-9-11-18-10-7-8-16-21(18)22;1-3-11-20(12-4-1)23(21-13-5-2-6-14-21)22-16-15-18-9-7-8-10-19(18)17-22/h7-8,10-13,15-22H,2-6,9,14H2,1H3;1-18,25H;2*1-17H/q4*+1. The highest BCUT2D eigenvalue weighted by Gasteiger charge is 2.44. The van der Waals surface area contributed by atoms with Crippen molar-refractivity contribution in [1.82, 2.24) is 0 Å². The molecule has 1 aliphatic carbocycles. The first-order valence-corrected chi connectivity index (χ1v) is 39.7. The van der Waals surface area contributed by atoms with Crippen molar-refractivity contribution in [3.05, 3.63) is 417 Å². The maximum Gasteiger partial charge on any atom is 0.180 e. The summed E-state index contributed by atoms with van der Waals surface area (Å²) in [6, 6.07) is 145. The van der Waals surface area contributed by atoms with Gasteiger partial charge in [-0.05, 0) is 179 Å². The second kappa shape index (κ2) is 35.1. The Morgan fingerprint density at radius 2 is 0.566 bits per heavy atom. The van der Waals surface area contributed by atoms with Crippen LogP contribution in [-0.4, -0.2) is 0 Å². The van der Waals surface area contributed by atoms with Gasteiger partial charge in [-0.15, -0.1) is 0 Å². The van der Waals surface area contributed by atoms with Gasteiger partial charge in [-0.25, -0.2) is 0 Å². The Balaban J connectivity index is 0.000000119. The molecule has 0 heterocycles. The van der Waals surface area contributed by atoms with E-state index < -0.39 is 0 Å². The molecule has 15 aromatic rings. The van der Waals surface area contributed by atoms with Crippen molar-refractivity contribution in [2.24, 2.45) is 0 Å². The monoisotopic (exact) mass is 1350 g/mol. The third-order valence-electron chi connectivity index (χ3n) is 17.8. The molecule has 0 N–H and O–H groups in total. The van der Waals surface area contributed by atoms with Crippen molar-refractivity contribution in [3.63, 3.8) is 0 Å². The molecule has 0 atom stereocenters. The van der Waals surface area contributed by atoms with Gasteiger partial charge in [-0.3, -0.25) is 0 Å². The van der Waals surface area contributed by atoms with Crippen LogP contribution in [0.4, 0.5) is 0 Å². The van der Waals surface area contributed by atoms with Crippen LogP contribution in [0.15, 0.2) is 454 Å². The Morgan fingerprint density at radius 3 is 1.03 bits per heavy atom. The van der Waals surface area contributed by atoms with E-state index in [2.05, 4.69) is 407 Å². The minimum Gasteiger partial charge on any atom is -0.0654 e. The zero-order valence-corrected chi connectivity index (χ0v) is 59.5. The highest BCUT2D eigenvalue weighted by molar-refractivity contribution is 7.98. The molecule has 0 fully saturated rings. The molecule has 1 aliphatic rings. The fourth-order valence-electron chi connectivity index (χ4n) is 13.0. The van der Waals surface area contributed by atoms with Gasteiger partial charge in [0.1, 0.15) is 0 Å². The van der Waals surface area contributed by atoms with Crippen molar-refractivity contribution in [1.29, 1.82) is 0 Å². The molecule has 0 bridgehead atoms. The molecule has 0 nitrogen and oxygen atoms in total. The third kappa shape index (κ3) is 17.2. The van der Waals surface area contributed by atoms with Crippen LogP contribution in [0.2, 0.25) is 0 Å². The normalized spacial score (nSPS) is 11.5. The number of benzene rings is 15. The molecule has 4 heteroatoms. The summed E-state index contributed by atoms with van der Waals surface area (Å²) in [5.74, 6) is 0. The van der Waals surface area contributed by atoms with E-state index in [1.807, 2.05) is 0 Å². The molecule has 484 valence electrons. The van der Waals surface area contributed by atoms with Gasteiger partial charge in [-0.2, -0.15) is 0 Å². The Labute approximate surface area is 599 Å². The van der Waals surface area contributed by atoms with Gasteiger partial charge < -0.3 is 0 Å². The van der Waals surface area contributed by atoms with Crippen LogP contribution in [0, 0.1) is 0 Å². The SMILES string of the molecule is CCCCCCCCc1ccc([S+](c2ccccc2)c2ccccc2)cc1.c1ccc([S+](c2ccccc2)C2c3ccccc3-c3ccccc32)cc1.c1ccc([S+](c2ccccc2)c2ccc3ccccc3c2)cc1.c1ccc([S+](c2ccccc2)c2cccc3ccccc23)cc1. The number of aryl methyl sites for hydroxylation is 1. The summed E-state index contributed by atoms with van der Waals surface area (Å²) in [6.45, 7) is 2.28. The molecule has 0 spiro atoms. The highest BCUT2D eigenvalue weighted by atomic mass is 32.2. The topological polar surface area (TPSA) is 0 Å². The zero-order valence-electron chi connectivity index (χ0n) is 56.3. The lowest BCUT2D eigenvalue weighted by molar-refractivity contribution is 0.607.